The van der Waals surface area contributed by atoms with Crippen molar-refractivity contribution < 1.29 is 4.79 Å². The summed E-state index contributed by atoms with van der Waals surface area (Å²) in [5, 5.41) is 3.98. The van der Waals surface area contributed by atoms with Crippen molar-refractivity contribution in [3.05, 3.63) is 65.7 Å². The summed E-state index contributed by atoms with van der Waals surface area (Å²) in [4.78, 5) is 12.9. The molecule has 22 heavy (non-hydrogen) atoms. The number of rotatable bonds is 7. The topological polar surface area (TPSA) is 41.5 Å². The molecule has 2 aromatic rings. The van der Waals surface area contributed by atoms with Crippen LogP contribution in [0.1, 0.15) is 11.1 Å². The van der Waals surface area contributed by atoms with Gasteiger partial charge in [0.2, 0.25) is 5.91 Å². The van der Waals surface area contributed by atoms with E-state index in [1.54, 1.807) is 29.7 Å². The van der Waals surface area contributed by atoms with E-state index in [4.69, 9.17) is 0 Å². The van der Waals surface area contributed by atoms with Crippen molar-refractivity contribution in [2.24, 2.45) is 5.10 Å². The van der Waals surface area contributed by atoms with E-state index in [0.29, 0.717) is 5.75 Å². The minimum atomic E-state index is -0.0853. The lowest BCUT2D eigenvalue weighted by molar-refractivity contribution is -0.118. The van der Waals surface area contributed by atoms with Gasteiger partial charge in [-0.05, 0) is 29.5 Å². The molecular weight excluding hydrogens is 312 g/mol. The van der Waals surface area contributed by atoms with Gasteiger partial charge in [-0.25, -0.2) is 5.43 Å². The summed E-state index contributed by atoms with van der Waals surface area (Å²) >= 11 is 3.27. The van der Waals surface area contributed by atoms with Crippen molar-refractivity contribution in [1.82, 2.24) is 5.43 Å². The first kappa shape index (κ1) is 16.6. The number of hydrazone groups is 1. The van der Waals surface area contributed by atoms with Gasteiger partial charge in [-0.3, -0.25) is 4.79 Å². The van der Waals surface area contributed by atoms with Crippen LogP contribution in [0.15, 0.2) is 64.6 Å². The maximum atomic E-state index is 11.7. The normalized spacial score (nSPS) is 10.8. The highest BCUT2D eigenvalue weighted by Crippen LogP contribution is 2.14. The lowest BCUT2D eigenvalue weighted by Crippen LogP contribution is -2.19. The van der Waals surface area contributed by atoms with Gasteiger partial charge in [0.25, 0.3) is 0 Å². The first-order valence-corrected chi connectivity index (χ1v) is 9.23. The van der Waals surface area contributed by atoms with E-state index in [2.05, 4.69) is 22.7 Å². The monoisotopic (exact) mass is 330 g/mol. The van der Waals surface area contributed by atoms with Crippen LogP contribution in [-0.2, 0) is 10.5 Å². The van der Waals surface area contributed by atoms with Crippen molar-refractivity contribution in [3.63, 3.8) is 0 Å². The number of hydrogen-bond acceptors (Lipinski definition) is 4. The summed E-state index contributed by atoms with van der Waals surface area (Å²) in [6.45, 7) is 0. The van der Waals surface area contributed by atoms with E-state index >= 15 is 0 Å². The quantitative estimate of drug-likeness (QED) is 0.477. The number of benzene rings is 2. The molecule has 5 heteroatoms. The fourth-order valence-electron chi connectivity index (χ4n) is 1.74. The van der Waals surface area contributed by atoms with Gasteiger partial charge in [0.15, 0.2) is 0 Å². The molecule has 0 fully saturated rings. The van der Waals surface area contributed by atoms with Gasteiger partial charge in [0, 0.05) is 10.6 Å². The lowest BCUT2D eigenvalue weighted by Gasteiger charge is -2.01. The number of carbonyl (C=O) groups is 1. The molecule has 114 valence electrons. The number of thioether (sulfide) groups is 2. The van der Waals surface area contributed by atoms with Gasteiger partial charge in [-0.15, -0.1) is 23.5 Å². The van der Waals surface area contributed by atoms with Crippen LogP contribution in [-0.4, -0.2) is 24.1 Å². The molecule has 2 rings (SSSR count). The van der Waals surface area contributed by atoms with Crippen molar-refractivity contribution in [2.45, 2.75) is 10.6 Å². The van der Waals surface area contributed by atoms with Crippen LogP contribution in [0, 0.1) is 0 Å². The highest BCUT2D eigenvalue weighted by Gasteiger charge is 2.00. The number of nitrogens with one attached hydrogen (secondary N) is 1. The predicted molar refractivity (Wildman–Crippen MR) is 96.6 cm³/mol. The molecule has 0 atom stereocenters. The molecule has 1 amide bonds. The number of amides is 1. The first-order chi connectivity index (χ1) is 10.8. The molecule has 0 radical (unpaired) electrons. The molecule has 0 saturated carbocycles. The Morgan fingerprint density at radius 1 is 1.14 bits per heavy atom. The summed E-state index contributed by atoms with van der Waals surface area (Å²) in [6.07, 6.45) is 3.69. The zero-order chi connectivity index (χ0) is 15.6. The number of carbonyl (C=O) groups excluding carboxylic acids is 1. The summed E-state index contributed by atoms with van der Waals surface area (Å²) in [6, 6.07) is 18.1. The van der Waals surface area contributed by atoms with Gasteiger partial charge < -0.3 is 0 Å². The molecule has 0 heterocycles. The van der Waals surface area contributed by atoms with E-state index in [1.807, 2.05) is 48.7 Å². The molecule has 0 aliphatic heterocycles. The van der Waals surface area contributed by atoms with Crippen molar-refractivity contribution in [1.29, 1.82) is 0 Å². The molecule has 2 aromatic carbocycles. The van der Waals surface area contributed by atoms with Gasteiger partial charge in [0.1, 0.15) is 0 Å². The second-order valence-corrected chi connectivity index (χ2v) is 6.41. The Balaban J connectivity index is 1.69. The molecular formula is C17H18N2OS2. The summed E-state index contributed by atoms with van der Waals surface area (Å²) < 4.78 is 0. The second kappa shape index (κ2) is 9.33. The van der Waals surface area contributed by atoms with E-state index in [-0.39, 0.29) is 5.91 Å². The third-order valence-corrected chi connectivity index (χ3v) is 4.61. The van der Waals surface area contributed by atoms with Crippen LogP contribution in [0.3, 0.4) is 0 Å². The number of hydrogen-bond donors (Lipinski definition) is 1. The maximum absolute atomic E-state index is 11.7. The highest BCUT2D eigenvalue weighted by atomic mass is 32.2. The van der Waals surface area contributed by atoms with Gasteiger partial charge >= 0.3 is 0 Å². The van der Waals surface area contributed by atoms with Crippen LogP contribution >= 0.6 is 23.5 Å². The van der Waals surface area contributed by atoms with Crippen LogP contribution in [0.25, 0.3) is 0 Å². The molecule has 0 aromatic heterocycles. The third kappa shape index (κ3) is 5.95. The maximum Gasteiger partial charge on any atom is 0.250 e. The van der Waals surface area contributed by atoms with Crippen molar-refractivity contribution in [3.8, 4) is 0 Å². The largest absolute Gasteiger partial charge is 0.272 e. The molecule has 0 unspecified atom stereocenters. The van der Waals surface area contributed by atoms with E-state index < -0.39 is 0 Å². The van der Waals surface area contributed by atoms with Gasteiger partial charge in [0.05, 0.1) is 12.0 Å². The van der Waals surface area contributed by atoms with Crippen LogP contribution in [0.5, 0.6) is 0 Å². The average molecular weight is 330 g/mol. The minimum Gasteiger partial charge on any atom is -0.272 e. The fourth-order valence-corrected chi connectivity index (χ4v) is 2.93. The molecule has 0 saturated heterocycles. The Labute approximate surface area is 139 Å². The SMILES string of the molecule is CSc1ccc(/C=N\NC(=O)CSCc2ccccc2)cc1. The average Bonchev–Trinajstić information content (AvgIpc) is 2.56. The zero-order valence-corrected chi connectivity index (χ0v) is 14.0. The molecule has 1 N–H and O–H groups in total. The first-order valence-electron chi connectivity index (χ1n) is 6.85. The van der Waals surface area contributed by atoms with E-state index in [9.17, 15) is 4.79 Å². The third-order valence-electron chi connectivity index (χ3n) is 2.86. The highest BCUT2D eigenvalue weighted by molar-refractivity contribution is 7.99. The summed E-state index contributed by atoms with van der Waals surface area (Å²) in [5.41, 5.74) is 4.74. The Morgan fingerprint density at radius 3 is 2.55 bits per heavy atom. The Morgan fingerprint density at radius 2 is 1.86 bits per heavy atom. The second-order valence-electron chi connectivity index (χ2n) is 4.54. The molecule has 0 aliphatic rings. The summed E-state index contributed by atoms with van der Waals surface area (Å²) in [5.74, 6) is 1.14. The van der Waals surface area contributed by atoms with Crippen LogP contribution in [0.2, 0.25) is 0 Å². The molecule has 0 bridgehead atoms. The Hall–Kier alpha value is -1.72. The van der Waals surface area contributed by atoms with Crippen LogP contribution in [0.4, 0.5) is 0 Å². The molecule has 0 aliphatic carbocycles. The standard InChI is InChI=1S/C17H18N2OS2/c1-21-16-9-7-14(8-10-16)11-18-19-17(20)13-22-12-15-5-3-2-4-6-15/h2-11H,12-13H2,1H3,(H,19,20)/b18-11-. The van der Waals surface area contributed by atoms with Crippen LogP contribution < -0.4 is 5.43 Å². The predicted octanol–water partition coefficient (Wildman–Crippen LogP) is 3.79. The smallest absolute Gasteiger partial charge is 0.250 e. The number of nitrogens with zero attached hydrogens (tertiary/aromatic N) is 1. The minimum absolute atomic E-state index is 0.0853. The Bertz CT molecular complexity index is 612. The fraction of sp³-hybridized carbons (Fsp3) is 0.176. The van der Waals surface area contributed by atoms with Crippen molar-refractivity contribution >= 4 is 35.6 Å². The lowest BCUT2D eigenvalue weighted by atomic mass is 10.2. The van der Waals surface area contributed by atoms with Crippen molar-refractivity contribution in [2.75, 3.05) is 12.0 Å². The van der Waals surface area contributed by atoms with E-state index in [1.165, 1.54) is 10.5 Å². The zero-order valence-electron chi connectivity index (χ0n) is 12.4. The summed E-state index contributed by atoms with van der Waals surface area (Å²) in [7, 11) is 0. The molecule has 3 nitrogen and oxygen atoms in total. The van der Waals surface area contributed by atoms with Gasteiger partial charge in [-0.2, -0.15) is 5.10 Å². The Kier molecular flexibility index (Phi) is 7.06. The van der Waals surface area contributed by atoms with Gasteiger partial charge in [-0.1, -0.05) is 42.5 Å². The molecule has 0 spiro atoms. The van der Waals surface area contributed by atoms with E-state index in [0.717, 1.165) is 11.3 Å².